The van der Waals surface area contributed by atoms with Gasteiger partial charge in [-0.3, -0.25) is 0 Å². The van der Waals surface area contributed by atoms with E-state index in [0.717, 1.165) is 5.69 Å². The summed E-state index contributed by atoms with van der Waals surface area (Å²) in [6.07, 6.45) is 1.58. The maximum atomic E-state index is 11.9. The highest BCUT2D eigenvalue weighted by molar-refractivity contribution is 5.89. The molecule has 7 heteroatoms. The van der Waals surface area contributed by atoms with Crippen LogP contribution in [0.4, 0.5) is 10.5 Å². The average molecular weight is 366 g/mol. The largest absolute Gasteiger partial charge is 0.475 e. The molecule has 0 aliphatic rings. The summed E-state index contributed by atoms with van der Waals surface area (Å²) in [7, 11) is 0. The van der Waals surface area contributed by atoms with E-state index >= 15 is 0 Å². The molecule has 0 unspecified atom stereocenters. The first-order valence-electron chi connectivity index (χ1n) is 8.77. The number of carbonyl (C=O) groups is 1. The van der Waals surface area contributed by atoms with E-state index in [-0.39, 0.29) is 12.6 Å². The van der Waals surface area contributed by atoms with E-state index in [1.165, 1.54) is 5.56 Å². The molecule has 0 aliphatic heterocycles. The topological polar surface area (TPSA) is 89.3 Å². The van der Waals surface area contributed by atoms with E-state index in [9.17, 15) is 4.79 Å². The van der Waals surface area contributed by atoms with Crippen LogP contribution in [0.5, 0.6) is 5.88 Å². The van der Waals surface area contributed by atoms with Crippen molar-refractivity contribution in [3.05, 3.63) is 60.4 Å². The zero-order valence-electron chi connectivity index (χ0n) is 15.3. The van der Waals surface area contributed by atoms with Crippen LogP contribution in [-0.2, 0) is 0 Å². The second-order valence-corrected chi connectivity index (χ2v) is 6.24. The van der Waals surface area contributed by atoms with Gasteiger partial charge in [0.15, 0.2) is 5.76 Å². The summed E-state index contributed by atoms with van der Waals surface area (Å²) in [5.74, 6) is 1.49. The molecule has 0 radical (unpaired) electrons. The van der Waals surface area contributed by atoms with Gasteiger partial charge < -0.3 is 19.8 Å². The number of hydrogen-bond acceptors (Lipinski definition) is 5. The van der Waals surface area contributed by atoms with Gasteiger partial charge in [0, 0.05) is 11.8 Å². The fourth-order valence-electron chi connectivity index (χ4n) is 2.40. The van der Waals surface area contributed by atoms with Gasteiger partial charge in [-0.15, -0.1) is 10.2 Å². The zero-order valence-corrected chi connectivity index (χ0v) is 15.3. The van der Waals surface area contributed by atoms with Crippen LogP contribution in [0.15, 0.2) is 59.2 Å². The molecular weight excluding hydrogens is 344 g/mol. The molecular formula is C20H22N4O3. The summed E-state index contributed by atoms with van der Waals surface area (Å²) in [6.45, 7) is 4.89. The molecule has 0 saturated heterocycles. The first kappa shape index (κ1) is 18.4. The number of nitrogens with one attached hydrogen (secondary N) is 2. The Hall–Kier alpha value is -3.35. The van der Waals surface area contributed by atoms with Crippen molar-refractivity contribution in [2.75, 3.05) is 18.5 Å². The van der Waals surface area contributed by atoms with Gasteiger partial charge in [0.1, 0.15) is 12.3 Å². The summed E-state index contributed by atoms with van der Waals surface area (Å²) < 4.78 is 10.7. The molecule has 0 saturated carbocycles. The van der Waals surface area contributed by atoms with Gasteiger partial charge in [0.25, 0.3) is 0 Å². The minimum Gasteiger partial charge on any atom is -0.475 e. The lowest BCUT2D eigenvalue weighted by Gasteiger charge is -2.10. The Morgan fingerprint density at radius 3 is 2.56 bits per heavy atom. The number of ether oxygens (including phenoxy) is 1. The van der Waals surface area contributed by atoms with E-state index < -0.39 is 0 Å². The van der Waals surface area contributed by atoms with Crippen LogP contribution in [-0.4, -0.2) is 29.4 Å². The Morgan fingerprint density at radius 2 is 1.93 bits per heavy atom. The van der Waals surface area contributed by atoms with E-state index in [2.05, 4.69) is 34.7 Å². The highest BCUT2D eigenvalue weighted by Gasteiger charge is 2.05. The Kier molecular flexibility index (Phi) is 6.04. The summed E-state index contributed by atoms with van der Waals surface area (Å²) in [5.41, 5.74) is 2.61. The Bertz CT molecular complexity index is 844. The molecule has 0 atom stereocenters. The van der Waals surface area contributed by atoms with E-state index in [1.54, 1.807) is 24.5 Å². The molecule has 0 fully saturated rings. The van der Waals surface area contributed by atoms with Gasteiger partial charge in [0.2, 0.25) is 5.88 Å². The van der Waals surface area contributed by atoms with Crippen molar-refractivity contribution < 1.29 is 13.9 Å². The normalized spacial score (nSPS) is 10.6. The molecule has 7 nitrogen and oxygen atoms in total. The maximum Gasteiger partial charge on any atom is 0.319 e. The van der Waals surface area contributed by atoms with Crippen LogP contribution in [0.3, 0.4) is 0 Å². The number of anilines is 1. The maximum absolute atomic E-state index is 11.9. The van der Waals surface area contributed by atoms with Gasteiger partial charge >= 0.3 is 6.03 Å². The van der Waals surface area contributed by atoms with Crippen molar-refractivity contribution in [2.24, 2.45) is 0 Å². The number of amides is 2. The fraction of sp³-hybridized carbons (Fsp3) is 0.250. The van der Waals surface area contributed by atoms with Crippen LogP contribution in [0.2, 0.25) is 0 Å². The summed E-state index contributed by atoms with van der Waals surface area (Å²) in [4.78, 5) is 11.9. The predicted octanol–water partition coefficient (Wildman–Crippen LogP) is 4.06. The minimum absolute atomic E-state index is 0.282. The number of furan rings is 1. The van der Waals surface area contributed by atoms with Gasteiger partial charge in [-0.05, 0) is 41.8 Å². The van der Waals surface area contributed by atoms with Gasteiger partial charge in [0.05, 0.1) is 12.8 Å². The molecule has 2 heterocycles. The van der Waals surface area contributed by atoms with Crippen molar-refractivity contribution in [1.82, 2.24) is 15.5 Å². The number of hydrogen-bond donors (Lipinski definition) is 2. The van der Waals surface area contributed by atoms with E-state index in [1.807, 2.05) is 30.3 Å². The van der Waals surface area contributed by atoms with Crippen LogP contribution in [0.1, 0.15) is 25.3 Å². The van der Waals surface area contributed by atoms with Crippen molar-refractivity contribution in [2.45, 2.75) is 19.8 Å². The SMILES string of the molecule is CC(C)c1ccc(NC(=O)NCCOc2ccc(-c3ccco3)nn2)cc1. The molecule has 3 aromatic rings. The second-order valence-electron chi connectivity index (χ2n) is 6.24. The summed E-state index contributed by atoms with van der Waals surface area (Å²) in [6, 6.07) is 14.6. The lowest BCUT2D eigenvalue weighted by molar-refractivity contribution is 0.246. The Morgan fingerprint density at radius 1 is 1.11 bits per heavy atom. The molecule has 27 heavy (non-hydrogen) atoms. The van der Waals surface area contributed by atoms with Gasteiger partial charge in [-0.2, -0.15) is 0 Å². The number of benzene rings is 1. The molecule has 1 aromatic carbocycles. The van der Waals surface area contributed by atoms with Gasteiger partial charge in [-0.25, -0.2) is 4.79 Å². The monoisotopic (exact) mass is 366 g/mol. The average Bonchev–Trinajstić information content (AvgIpc) is 3.21. The third-order valence-electron chi connectivity index (χ3n) is 3.89. The molecule has 2 amide bonds. The Balaban J connectivity index is 1.38. The standard InChI is InChI=1S/C20H22N4O3/c1-14(2)15-5-7-16(8-6-15)22-20(25)21-11-13-27-19-10-9-17(23-24-19)18-4-3-12-26-18/h3-10,12,14H,11,13H2,1-2H3,(H2,21,22,25). The second kappa shape index (κ2) is 8.84. The van der Waals surface area contributed by atoms with Crippen LogP contribution in [0.25, 0.3) is 11.5 Å². The van der Waals surface area contributed by atoms with Crippen molar-refractivity contribution >= 4 is 11.7 Å². The lowest BCUT2D eigenvalue weighted by atomic mass is 10.0. The molecule has 140 valence electrons. The van der Waals surface area contributed by atoms with Crippen molar-refractivity contribution in [1.29, 1.82) is 0 Å². The van der Waals surface area contributed by atoms with Crippen LogP contribution < -0.4 is 15.4 Å². The smallest absolute Gasteiger partial charge is 0.319 e. The molecule has 0 spiro atoms. The lowest BCUT2D eigenvalue weighted by Crippen LogP contribution is -2.32. The third kappa shape index (κ3) is 5.31. The molecule has 0 bridgehead atoms. The highest BCUT2D eigenvalue weighted by atomic mass is 16.5. The molecule has 2 N–H and O–H groups in total. The first-order chi connectivity index (χ1) is 13.1. The number of urea groups is 1. The number of carbonyl (C=O) groups excluding carboxylic acids is 1. The molecule has 3 rings (SSSR count). The van der Waals surface area contributed by atoms with E-state index in [0.29, 0.717) is 29.8 Å². The van der Waals surface area contributed by atoms with E-state index in [4.69, 9.17) is 9.15 Å². The quantitative estimate of drug-likeness (QED) is 0.616. The Labute approximate surface area is 157 Å². The number of aromatic nitrogens is 2. The number of rotatable bonds is 7. The fourth-order valence-corrected chi connectivity index (χ4v) is 2.40. The van der Waals surface area contributed by atoms with Crippen LogP contribution in [0, 0.1) is 0 Å². The zero-order chi connectivity index (χ0) is 19.1. The van der Waals surface area contributed by atoms with Crippen molar-refractivity contribution in [3.63, 3.8) is 0 Å². The molecule has 0 aliphatic carbocycles. The van der Waals surface area contributed by atoms with Crippen molar-refractivity contribution in [3.8, 4) is 17.3 Å². The third-order valence-corrected chi connectivity index (χ3v) is 3.89. The predicted molar refractivity (Wildman–Crippen MR) is 103 cm³/mol. The first-order valence-corrected chi connectivity index (χ1v) is 8.77. The van der Waals surface area contributed by atoms with Gasteiger partial charge in [-0.1, -0.05) is 26.0 Å². The molecule has 2 aromatic heterocycles. The summed E-state index contributed by atoms with van der Waals surface area (Å²) >= 11 is 0. The number of nitrogens with zero attached hydrogens (tertiary/aromatic N) is 2. The van der Waals surface area contributed by atoms with Crippen LogP contribution >= 0.6 is 0 Å². The highest BCUT2D eigenvalue weighted by Crippen LogP contribution is 2.18. The summed E-state index contributed by atoms with van der Waals surface area (Å²) in [5, 5.41) is 13.5. The minimum atomic E-state index is -0.282.